The van der Waals surface area contributed by atoms with E-state index in [4.69, 9.17) is 5.11 Å². The summed E-state index contributed by atoms with van der Waals surface area (Å²) < 4.78 is 39.2. The van der Waals surface area contributed by atoms with Gasteiger partial charge in [-0.25, -0.2) is 4.79 Å². The Labute approximate surface area is 132 Å². The zero-order chi connectivity index (χ0) is 15.8. The van der Waals surface area contributed by atoms with Crippen molar-refractivity contribution in [3.05, 3.63) is 56.7 Å². The number of rotatable bonds is 2. The number of aromatic carboxylic acids is 1. The third-order valence-corrected chi connectivity index (χ3v) is 3.82. The van der Waals surface area contributed by atoms with Crippen molar-refractivity contribution in [3.8, 4) is 11.1 Å². The maximum Gasteiger partial charge on any atom is 0.416 e. The van der Waals surface area contributed by atoms with Crippen LogP contribution in [0.5, 0.6) is 0 Å². The van der Waals surface area contributed by atoms with Gasteiger partial charge in [-0.1, -0.05) is 12.1 Å². The average Bonchev–Trinajstić information content (AvgIpc) is 2.36. The summed E-state index contributed by atoms with van der Waals surface area (Å²) in [6, 6.07) is 8.16. The van der Waals surface area contributed by atoms with Crippen molar-refractivity contribution in [2.45, 2.75) is 13.1 Å². The Hall–Kier alpha value is -1.57. The molecule has 2 rings (SSSR count). The Kier molecular flexibility index (Phi) is 4.27. The van der Waals surface area contributed by atoms with Crippen LogP contribution in [0.15, 0.2) is 36.4 Å². The van der Waals surface area contributed by atoms with E-state index in [0.717, 1.165) is 12.1 Å². The number of carboxylic acid groups (broad SMARTS) is 1. The SMILES string of the molecule is Cc1cc(-c2ccc(C(=O)O)cc2I)cc(C(F)(F)F)c1. The molecule has 21 heavy (non-hydrogen) atoms. The maximum atomic E-state index is 12.9. The molecule has 0 aliphatic heterocycles. The molecule has 0 aromatic heterocycles. The normalized spacial score (nSPS) is 11.5. The Balaban J connectivity index is 2.57. The fourth-order valence-electron chi connectivity index (χ4n) is 1.98. The molecule has 0 aliphatic rings. The van der Waals surface area contributed by atoms with E-state index in [-0.39, 0.29) is 5.56 Å². The van der Waals surface area contributed by atoms with Crippen LogP contribution in [0.2, 0.25) is 0 Å². The fraction of sp³-hybridized carbons (Fsp3) is 0.133. The van der Waals surface area contributed by atoms with Gasteiger partial charge in [0.15, 0.2) is 0 Å². The molecule has 0 spiro atoms. The molecule has 0 atom stereocenters. The van der Waals surface area contributed by atoms with Crippen molar-refractivity contribution in [3.63, 3.8) is 0 Å². The molecule has 0 heterocycles. The second-order valence-electron chi connectivity index (χ2n) is 4.59. The second kappa shape index (κ2) is 5.67. The van der Waals surface area contributed by atoms with Crippen LogP contribution in [0.25, 0.3) is 11.1 Å². The largest absolute Gasteiger partial charge is 0.478 e. The van der Waals surface area contributed by atoms with Gasteiger partial charge in [-0.05, 0) is 70.5 Å². The molecule has 0 unspecified atom stereocenters. The summed E-state index contributed by atoms with van der Waals surface area (Å²) in [6.07, 6.45) is -4.41. The van der Waals surface area contributed by atoms with Gasteiger partial charge in [0, 0.05) is 3.57 Å². The van der Waals surface area contributed by atoms with Gasteiger partial charge in [0.2, 0.25) is 0 Å². The topological polar surface area (TPSA) is 37.3 Å². The molecule has 0 fully saturated rings. The number of alkyl halides is 3. The van der Waals surface area contributed by atoms with Crippen LogP contribution >= 0.6 is 22.6 Å². The van der Waals surface area contributed by atoms with E-state index >= 15 is 0 Å². The molecule has 2 aromatic carbocycles. The molecular weight excluding hydrogens is 396 g/mol. The molecule has 0 aliphatic carbocycles. The van der Waals surface area contributed by atoms with Gasteiger partial charge in [0.1, 0.15) is 0 Å². The molecule has 0 saturated heterocycles. The Bertz CT molecular complexity index is 709. The summed E-state index contributed by atoms with van der Waals surface area (Å²) in [7, 11) is 0. The van der Waals surface area contributed by atoms with Gasteiger partial charge in [-0.3, -0.25) is 0 Å². The zero-order valence-corrected chi connectivity index (χ0v) is 13.0. The lowest BCUT2D eigenvalue weighted by Crippen LogP contribution is -2.05. The predicted molar refractivity (Wildman–Crippen MR) is 81.3 cm³/mol. The first kappa shape index (κ1) is 15.8. The molecular formula is C15H10F3IO2. The minimum atomic E-state index is -4.41. The summed E-state index contributed by atoms with van der Waals surface area (Å²) in [5, 5.41) is 8.91. The highest BCUT2D eigenvalue weighted by Gasteiger charge is 2.31. The number of hydrogen-bond donors (Lipinski definition) is 1. The van der Waals surface area contributed by atoms with E-state index < -0.39 is 17.7 Å². The van der Waals surface area contributed by atoms with Gasteiger partial charge in [0.25, 0.3) is 0 Å². The Morgan fingerprint density at radius 2 is 1.81 bits per heavy atom. The van der Waals surface area contributed by atoms with E-state index in [2.05, 4.69) is 0 Å². The van der Waals surface area contributed by atoms with Crippen LogP contribution in [0.1, 0.15) is 21.5 Å². The van der Waals surface area contributed by atoms with E-state index in [0.29, 0.717) is 20.3 Å². The van der Waals surface area contributed by atoms with Gasteiger partial charge < -0.3 is 5.11 Å². The zero-order valence-electron chi connectivity index (χ0n) is 10.8. The first-order chi connectivity index (χ1) is 9.68. The second-order valence-corrected chi connectivity index (χ2v) is 5.75. The third kappa shape index (κ3) is 3.55. The number of benzene rings is 2. The molecule has 6 heteroatoms. The van der Waals surface area contributed by atoms with Crippen molar-refractivity contribution in [1.29, 1.82) is 0 Å². The summed E-state index contributed by atoms with van der Waals surface area (Å²) in [4.78, 5) is 10.9. The number of hydrogen-bond acceptors (Lipinski definition) is 1. The highest BCUT2D eigenvalue weighted by atomic mass is 127. The summed E-state index contributed by atoms with van der Waals surface area (Å²) in [5.41, 5.74) is 0.888. The predicted octanol–water partition coefficient (Wildman–Crippen LogP) is 4.98. The molecule has 1 N–H and O–H groups in total. The van der Waals surface area contributed by atoms with Crippen molar-refractivity contribution >= 4 is 28.6 Å². The minimum absolute atomic E-state index is 0.104. The molecule has 0 amide bonds. The molecule has 110 valence electrons. The van der Waals surface area contributed by atoms with E-state index in [1.807, 2.05) is 22.6 Å². The smallest absolute Gasteiger partial charge is 0.416 e. The number of carboxylic acids is 1. The van der Waals surface area contributed by atoms with E-state index in [1.54, 1.807) is 13.0 Å². The van der Waals surface area contributed by atoms with Crippen molar-refractivity contribution in [1.82, 2.24) is 0 Å². The van der Waals surface area contributed by atoms with Gasteiger partial charge in [-0.2, -0.15) is 13.2 Å². The maximum absolute atomic E-state index is 12.9. The van der Waals surface area contributed by atoms with E-state index in [1.165, 1.54) is 18.2 Å². The lowest BCUT2D eigenvalue weighted by Gasteiger charge is -2.12. The van der Waals surface area contributed by atoms with Gasteiger partial charge in [-0.15, -0.1) is 0 Å². The van der Waals surface area contributed by atoms with E-state index in [9.17, 15) is 18.0 Å². The van der Waals surface area contributed by atoms with Crippen LogP contribution in [0, 0.1) is 10.5 Å². The Morgan fingerprint density at radius 1 is 1.14 bits per heavy atom. The summed E-state index contributed by atoms with van der Waals surface area (Å²) in [6.45, 7) is 1.59. The van der Waals surface area contributed by atoms with Crippen LogP contribution < -0.4 is 0 Å². The van der Waals surface area contributed by atoms with Crippen molar-refractivity contribution in [2.24, 2.45) is 0 Å². The first-order valence-corrected chi connectivity index (χ1v) is 6.98. The number of halogens is 4. The number of carbonyl (C=O) groups is 1. The van der Waals surface area contributed by atoms with Crippen LogP contribution in [0.4, 0.5) is 13.2 Å². The van der Waals surface area contributed by atoms with Crippen molar-refractivity contribution in [2.75, 3.05) is 0 Å². The van der Waals surface area contributed by atoms with Crippen molar-refractivity contribution < 1.29 is 23.1 Å². The molecule has 2 aromatic rings. The molecule has 0 radical (unpaired) electrons. The summed E-state index contributed by atoms with van der Waals surface area (Å²) >= 11 is 1.92. The van der Waals surface area contributed by atoms with Crippen LogP contribution in [-0.2, 0) is 6.18 Å². The lowest BCUT2D eigenvalue weighted by molar-refractivity contribution is -0.137. The lowest BCUT2D eigenvalue weighted by atomic mass is 9.99. The fourth-order valence-corrected chi connectivity index (χ4v) is 2.81. The highest BCUT2D eigenvalue weighted by molar-refractivity contribution is 14.1. The standard InChI is InChI=1S/C15H10F3IO2/c1-8-4-10(6-11(5-8)15(16,17)18)12-3-2-9(14(20)21)7-13(12)19/h2-7H,1H3,(H,20,21). The molecule has 0 saturated carbocycles. The monoisotopic (exact) mass is 406 g/mol. The highest BCUT2D eigenvalue weighted by Crippen LogP contribution is 2.34. The molecule has 0 bridgehead atoms. The third-order valence-electron chi connectivity index (χ3n) is 2.93. The Morgan fingerprint density at radius 3 is 2.33 bits per heavy atom. The van der Waals surface area contributed by atoms with Crippen LogP contribution in [-0.4, -0.2) is 11.1 Å². The quantitative estimate of drug-likeness (QED) is 0.715. The molecule has 2 nitrogen and oxygen atoms in total. The first-order valence-electron chi connectivity index (χ1n) is 5.90. The minimum Gasteiger partial charge on any atom is -0.478 e. The van der Waals surface area contributed by atoms with Crippen LogP contribution in [0.3, 0.4) is 0 Å². The van der Waals surface area contributed by atoms with Gasteiger partial charge in [0.05, 0.1) is 11.1 Å². The average molecular weight is 406 g/mol. The number of aryl methyl sites for hydroxylation is 1. The van der Waals surface area contributed by atoms with Gasteiger partial charge >= 0.3 is 12.1 Å². The summed E-state index contributed by atoms with van der Waals surface area (Å²) in [5.74, 6) is -1.07.